The zero-order valence-electron chi connectivity index (χ0n) is 13.3. The van der Waals surface area contributed by atoms with Crippen LogP contribution in [0, 0.1) is 0 Å². The van der Waals surface area contributed by atoms with Crippen molar-refractivity contribution in [2.45, 2.75) is 33.6 Å². The Labute approximate surface area is 131 Å². The van der Waals surface area contributed by atoms with Gasteiger partial charge in [0.1, 0.15) is 11.5 Å². The minimum Gasteiger partial charge on any atom is -0.457 e. The van der Waals surface area contributed by atoms with Crippen molar-refractivity contribution in [1.29, 1.82) is 0 Å². The van der Waals surface area contributed by atoms with Gasteiger partial charge >= 0.3 is 0 Å². The molecule has 116 valence electrons. The first-order valence-electron chi connectivity index (χ1n) is 7.49. The highest BCUT2D eigenvalue weighted by atomic mass is 16.5. The number of ether oxygens (including phenoxy) is 1. The van der Waals surface area contributed by atoms with E-state index in [0.29, 0.717) is 17.1 Å². The van der Waals surface area contributed by atoms with Gasteiger partial charge in [-0.25, -0.2) is 0 Å². The summed E-state index contributed by atoms with van der Waals surface area (Å²) < 4.78 is 5.93. The highest BCUT2D eigenvalue weighted by molar-refractivity contribution is 5.92. The monoisotopic (exact) mass is 298 g/mol. The van der Waals surface area contributed by atoms with E-state index in [2.05, 4.69) is 25.2 Å². The minimum atomic E-state index is -0.162. The van der Waals surface area contributed by atoms with E-state index in [9.17, 15) is 4.79 Å². The van der Waals surface area contributed by atoms with E-state index in [1.54, 1.807) is 18.2 Å². The summed E-state index contributed by atoms with van der Waals surface area (Å²) in [5.41, 5.74) is 9.41. The molecular formula is C18H22N2O2. The standard InChI is InChI=1S/C18H22N2O2/c1-4-13-8-14(5-2)10-16(9-13)22-15-6-7-17(19)18(11-15)20-12(3)21/h6-11H,4-5,19H2,1-3H3,(H,20,21). The number of hydrogen-bond acceptors (Lipinski definition) is 3. The van der Waals surface area contributed by atoms with Gasteiger partial charge in [0.15, 0.2) is 0 Å². The summed E-state index contributed by atoms with van der Waals surface area (Å²) >= 11 is 0. The van der Waals surface area contributed by atoms with Crippen molar-refractivity contribution < 1.29 is 9.53 Å². The van der Waals surface area contributed by atoms with Crippen LogP contribution in [0.15, 0.2) is 36.4 Å². The molecule has 0 bridgehead atoms. The Morgan fingerprint density at radius 2 is 1.68 bits per heavy atom. The van der Waals surface area contributed by atoms with Crippen LogP contribution in [0.5, 0.6) is 11.5 Å². The largest absolute Gasteiger partial charge is 0.457 e. The Bertz CT molecular complexity index is 659. The summed E-state index contributed by atoms with van der Waals surface area (Å²) in [5.74, 6) is 1.29. The number of nitrogen functional groups attached to an aromatic ring is 1. The molecule has 22 heavy (non-hydrogen) atoms. The molecule has 2 aromatic carbocycles. The van der Waals surface area contributed by atoms with Crippen LogP contribution in [-0.4, -0.2) is 5.91 Å². The average molecular weight is 298 g/mol. The van der Waals surface area contributed by atoms with Gasteiger partial charge in [0.05, 0.1) is 11.4 Å². The quantitative estimate of drug-likeness (QED) is 0.815. The van der Waals surface area contributed by atoms with Gasteiger partial charge in [-0.1, -0.05) is 19.9 Å². The minimum absolute atomic E-state index is 0.162. The highest BCUT2D eigenvalue weighted by Crippen LogP contribution is 2.29. The van der Waals surface area contributed by atoms with Crippen molar-refractivity contribution in [3.05, 3.63) is 47.5 Å². The summed E-state index contributed by atoms with van der Waals surface area (Å²) in [6, 6.07) is 11.5. The molecule has 2 rings (SSSR count). The second-order valence-corrected chi connectivity index (χ2v) is 5.22. The molecular weight excluding hydrogens is 276 g/mol. The van der Waals surface area contributed by atoms with Gasteiger partial charge < -0.3 is 15.8 Å². The van der Waals surface area contributed by atoms with Crippen LogP contribution in [0.2, 0.25) is 0 Å². The highest BCUT2D eigenvalue weighted by Gasteiger charge is 2.06. The molecule has 0 spiro atoms. The fourth-order valence-electron chi connectivity index (χ4n) is 2.23. The predicted octanol–water partition coefficient (Wildman–Crippen LogP) is 4.14. The van der Waals surface area contributed by atoms with E-state index in [4.69, 9.17) is 10.5 Å². The molecule has 1 amide bonds. The molecule has 4 nitrogen and oxygen atoms in total. The van der Waals surface area contributed by atoms with E-state index in [1.165, 1.54) is 18.1 Å². The number of hydrogen-bond donors (Lipinski definition) is 2. The zero-order chi connectivity index (χ0) is 16.1. The second kappa shape index (κ2) is 6.98. The van der Waals surface area contributed by atoms with Crippen molar-refractivity contribution >= 4 is 17.3 Å². The lowest BCUT2D eigenvalue weighted by atomic mass is 10.1. The van der Waals surface area contributed by atoms with E-state index in [1.807, 2.05) is 12.1 Å². The normalized spacial score (nSPS) is 10.3. The molecule has 0 aromatic heterocycles. The molecule has 2 aromatic rings. The van der Waals surface area contributed by atoms with Crippen LogP contribution in [0.1, 0.15) is 31.9 Å². The van der Waals surface area contributed by atoms with Crippen molar-refractivity contribution in [1.82, 2.24) is 0 Å². The molecule has 0 fully saturated rings. The molecule has 0 radical (unpaired) electrons. The van der Waals surface area contributed by atoms with Crippen LogP contribution in [0.4, 0.5) is 11.4 Å². The number of nitrogens with two attached hydrogens (primary N) is 1. The number of nitrogens with one attached hydrogen (secondary N) is 1. The first kappa shape index (κ1) is 15.9. The SMILES string of the molecule is CCc1cc(CC)cc(Oc2ccc(N)c(NC(C)=O)c2)c1. The Balaban J connectivity index is 2.28. The maximum Gasteiger partial charge on any atom is 0.221 e. The summed E-state index contributed by atoms with van der Waals surface area (Å²) in [6.07, 6.45) is 1.92. The van der Waals surface area contributed by atoms with Gasteiger partial charge in [-0.3, -0.25) is 4.79 Å². The zero-order valence-corrected chi connectivity index (χ0v) is 13.3. The van der Waals surface area contributed by atoms with Crippen LogP contribution >= 0.6 is 0 Å². The van der Waals surface area contributed by atoms with Crippen molar-refractivity contribution in [2.24, 2.45) is 0 Å². The number of anilines is 2. The summed E-state index contributed by atoms with van der Waals surface area (Å²) in [7, 11) is 0. The number of rotatable bonds is 5. The third kappa shape index (κ3) is 4.01. The molecule has 0 aliphatic carbocycles. The van der Waals surface area contributed by atoms with Crippen LogP contribution in [0.3, 0.4) is 0 Å². The first-order chi connectivity index (χ1) is 10.5. The third-order valence-corrected chi connectivity index (χ3v) is 3.41. The molecule has 0 unspecified atom stereocenters. The molecule has 0 aliphatic rings. The lowest BCUT2D eigenvalue weighted by Gasteiger charge is -2.12. The average Bonchev–Trinajstić information content (AvgIpc) is 2.49. The second-order valence-electron chi connectivity index (χ2n) is 5.22. The van der Waals surface area contributed by atoms with E-state index in [-0.39, 0.29) is 5.91 Å². The molecule has 0 saturated carbocycles. The molecule has 0 atom stereocenters. The first-order valence-corrected chi connectivity index (χ1v) is 7.49. The van der Waals surface area contributed by atoms with E-state index in [0.717, 1.165) is 18.6 Å². The van der Waals surface area contributed by atoms with Gasteiger partial charge in [-0.05, 0) is 48.2 Å². The van der Waals surface area contributed by atoms with Crippen LogP contribution in [0.25, 0.3) is 0 Å². The molecule has 0 saturated heterocycles. The Morgan fingerprint density at radius 1 is 1.05 bits per heavy atom. The number of carbonyl (C=O) groups is 1. The Morgan fingerprint density at radius 3 is 2.23 bits per heavy atom. The van der Waals surface area contributed by atoms with Crippen molar-refractivity contribution in [2.75, 3.05) is 11.1 Å². The number of amides is 1. The van der Waals surface area contributed by atoms with E-state index >= 15 is 0 Å². The maximum atomic E-state index is 11.2. The summed E-state index contributed by atoms with van der Waals surface area (Å²) in [4.78, 5) is 11.2. The Hall–Kier alpha value is -2.49. The third-order valence-electron chi connectivity index (χ3n) is 3.41. The number of benzene rings is 2. The molecule has 0 aliphatic heterocycles. The van der Waals surface area contributed by atoms with Crippen molar-refractivity contribution in [3.63, 3.8) is 0 Å². The summed E-state index contributed by atoms with van der Waals surface area (Å²) in [5, 5.41) is 2.70. The summed E-state index contributed by atoms with van der Waals surface area (Å²) in [6.45, 7) is 5.69. The van der Waals surface area contributed by atoms with Crippen LogP contribution in [-0.2, 0) is 17.6 Å². The Kier molecular flexibility index (Phi) is 5.04. The van der Waals surface area contributed by atoms with Gasteiger partial charge in [-0.2, -0.15) is 0 Å². The topological polar surface area (TPSA) is 64.3 Å². The maximum absolute atomic E-state index is 11.2. The molecule has 3 N–H and O–H groups in total. The van der Waals surface area contributed by atoms with Gasteiger partial charge in [0.25, 0.3) is 0 Å². The predicted molar refractivity (Wildman–Crippen MR) is 90.4 cm³/mol. The van der Waals surface area contributed by atoms with Gasteiger partial charge in [-0.15, -0.1) is 0 Å². The van der Waals surface area contributed by atoms with Crippen LogP contribution < -0.4 is 15.8 Å². The lowest BCUT2D eigenvalue weighted by molar-refractivity contribution is -0.114. The lowest BCUT2D eigenvalue weighted by Crippen LogP contribution is -2.08. The van der Waals surface area contributed by atoms with Gasteiger partial charge in [0, 0.05) is 13.0 Å². The fourth-order valence-corrected chi connectivity index (χ4v) is 2.23. The number of aryl methyl sites for hydroxylation is 2. The fraction of sp³-hybridized carbons (Fsp3) is 0.278. The van der Waals surface area contributed by atoms with Gasteiger partial charge in [0.2, 0.25) is 5.91 Å². The molecule has 4 heteroatoms. The van der Waals surface area contributed by atoms with E-state index < -0.39 is 0 Å². The molecule has 0 heterocycles. The smallest absolute Gasteiger partial charge is 0.221 e. The number of carbonyl (C=O) groups excluding carboxylic acids is 1. The van der Waals surface area contributed by atoms with Crippen molar-refractivity contribution in [3.8, 4) is 11.5 Å².